The molecule has 0 bridgehead atoms. The van der Waals surface area contributed by atoms with E-state index in [0.717, 1.165) is 28.2 Å². The number of aromatic nitrogens is 2. The van der Waals surface area contributed by atoms with Crippen LogP contribution in [0.3, 0.4) is 0 Å². The highest BCUT2D eigenvalue weighted by Gasteiger charge is 2.18. The van der Waals surface area contributed by atoms with Gasteiger partial charge in [0.05, 0.1) is 17.1 Å². The molecule has 0 amide bonds. The van der Waals surface area contributed by atoms with Crippen LogP contribution in [0, 0.1) is 0 Å². The Balaban J connectivity index is 1.99. The molecule has 1 aromatic heterocycles. The second-order valence-corrected chi connectivity index (χ2v) is 5.59. The molecule has 0 aliphatic heterocycles. The van der Waals surface area contributed by atoms with Crippen LogP contribution in [-0.4, -0.2) is 9.78 Å². The van der Waals surface area contributed by atoms with Crippen molar-refractivity contribution in [2.24, 2.45) is 0 Å². The number of anilines is 1. The number of nitrogen functional groups attached to an aromatic ring is 1. The Kier molecular flexibility index (Phi) is 3.60. The summed E-state index contributed by atoms with van der Waals surface area (Å²) in [6.07, 6.45) is 0. The Hall–Kier alpha value is -3.33. The summed E-state index contributed by atoms with van der Waals surface area (Å²) < 4.78 is 1.92. The third kappa shape index (κ3) is 2.46. The largest absolute Gasteiger partial charge is 0.395 e. The molecule has 1 heterocycles. The van der Waals surface area contributed by atoms with Crippen molar-refractivity contribution in [1.82, 2.24) is 9.78 Å². The fourth-order valence-electron chi connectivity index (χ4n) is 2.87. The smallest absolute Gasteiger partial charge is 0.116 e. The van der Waals surface area contributed by atoms with Gasteiger partial charge in [-0.25, -0.2) is 4.68 Å². The number of rotatable bonds is 3. The minimum atomic E-state index is 0.691. The third-order valence-corrected chi connectivity index (χ3v) is 4.02. The minimum Gasteiger partial charge on any atom is -0.395 e. The van der Waals surface area contributed by atoms with Gasteiger partial charge in [0.2, 0.25) is 0 Å². The van der Waals surface area contributed by atoms with E-state index in [9.17, 15) is 0 Å². The standard InChI is InChI=1S/C21H17N3/c22-19-20(16-10-4-1-5-11-16)23-24(18-14-8-3-9-15-18)21(19)17-12-6-2-7-13-17/h1-15H,22H2. The van der Waals surface area contributed by atoms with Crippen molar-refractivity contribution in [3.05, 3.63) is 91.0 Å². The number of nitrogens with two attached hydrogens (primary N) is 1. The molecule has 0 atom stereocenters. The summed E-state index contributed by atoms with van der Waals surface area (Å²) in [6, 6.07) is 30.3. The van der Waals surface area contributed by atoms with Gasteiger partial charge in [-0.1, -0.05) is 78.9 Å². The Morgan fingerprint density at radius 2 is 1.12 bits per heavy atom. The van der Waals surface area contributed by atoms with Gasteiger partial charge in [0.1, 0.15) is 5.69 Å². The van der Waals surface area contributed by atoms with E-state index in [0.29, 0.717) is 5.69 Å². The quantitative estimate of drug-likeness (QED) is 0.591. The first-order valence-electron chi connectivity index (χ1n) is 7.89. The summed E-state index contributed by atoms with van der Waals surface area (Å²) in [6.45, 7) is 0. The lowest BCUT2D eigenvalue weighted by Gasteiger charge is -2.08. The van der Waals surface area contributed by atoms with Crippen LogP contribution in [0.5, 0.6) is 0 Å². The van der Waals surface area contributed by atoms with E-state index in [1.807, 2.05) is 83.5 Å². The van der Waals surface area contributed by atoms with Gasteiger partial charge in [0.25, 0.3) is 0 Å². The molecule has 0 aliphatic carbocycles. The molecule has 24 heavy (non-hydrogen) atoms. The molecule has 0 spiro atoms. The van der Waals surface area contributed by atoms with Gasteiger partial charge >= 0.3 is 0 Å². The predicted molar refractivity (Wildman–Crippen MR) is 98.8 cm³/mol. The van der Waals surface area contributed by atoms with Crippen LogP contribution < -0.4 is 5.73 Å². The first-order valence-corrected chi connectivity index (χ1v) is 7.89. The van der Waals surface area contributed by atoms with Crippen LogP contribution in [0.25, 0.3) is 28.2 Å². The van der Waals surface area contributed by atoms with Crippen LogP contribution in [-0.2, 0) is 0 Å². The second kappa shape index (κ2) is 6.05. The van der Waals surface area contributed by atoms with Crippen molar-refractivity contribution in [3.8, 4) is 28.2 Å². The van der Waals surface area contributed by atoms with E-state index < -0.39 is 0 Å². The highest BCUT2D eigenvalue weighted by molar-refractivity contribution is 5.86. The average Bonchev–Trinajstić information content (AvgIpc) is 3.01. The molecule has 0 aliphatic rings. The lowest BCUT2D eigenvalue weighted by molar-refractivity contribution is 0.892. The normalized spacial score (nSPS) is 10.7. The molecule has 2 N–H and O–H groups in total. The minimum absolute atomic E-state index is 0.691. The predicted octanol–water partition coefficient (Wildman–Crippen LogP) is 4.79. The zero-order valence-corrected chi connectivity index (χ0v) is 13.1. The molecule has 3 heteroatoms. The van der Waals surface area contributed by atoms with E-state index in [1.165, 1.54) is 0 Å². The Morgan fingerprint density at radius 3 is 1.71 bits per heavy atom. The molecule has 0 radical (unpaired) electrons. The molecule has 4 aromatic rings. The molecule has 0 fully saturated rings. The molecule has 4 rings (SSSR count). The topological polar surface area (TPSA) is 43.8 Å². The van der Waals surface area contributed by atoms with Gasteiger partial charge in [-0.3, -0.25) is 0 Å². The lowest BCUT2D eigenvalue weighted by atomic mass is 10.1. The fourth-order valence-corrected chi connectivity index (χ4v) is 2.87. The molecular formula is C21H17N3. The summed E-state index contributed by atoms with van der Waals surface area (Å²) >= 11 is 0. The number of nitrogens with zero attached hydrogens (tertiary/aromatic N) is 2. The first kappa shape index (κ1) is 14.3. The van der Waals surface area contributed by atoms with Crippen molar-refractivity contribution >= 4 is 5.69 Å². The monoisotopic (exact) mass is 311 g/mol. The summed E-state index contributed by atoms with van der Waals surface area (Å²) in [5, 5.41) is 4.82. The molecule has 3 nitrogen and oxygen atoms in total. The fraction of sp³-hybridized carbons (Fsp3) is 0. The van der Waals surface area contributed by atoms with Crippen molar-refractivity contribution in [2.75, 3.05) is 5.73 Å². The van der Waals surface area contributed by atoms with Gasteiger partial charge < -0.3 is 5.73 Å². The number of hydrogen-bond donors (Lipinski definition) is 1. The van der Waals surface area contributed by atoms with Crippen molar-refractivity contribution < 1.29 is 0 Å². The zero-order chi connectivity index (χ0) is 16.4. The second-order valence-electron chi connectivity index (χ2n) is 5.59. The maximum Gasteiger partial charge on any atom is 0.116 e. The summed E-state index contributed by atoms with van der Waals surface area (Å²) in [5.41, 5.74) is 12.0. The highest BCUT2D eigenvalue weighted by atomic mass is 15.3. The van der Waals surface area contributed by atoms with Crippen LogP contribution in [0.15, 0.2) is 91.0 Å². The SMILES string of the molecule is Nc1c(-c2ccccc2)nn(-c2ccccc2)c1-c1ccccc1. The number of benzene rings is 3. The van der Waals surface area contributed by atoms with Crippen LogP contribution in [0.2, 0.25) is 0 Å². The van der Waals surface area contributed by atoms with Crippen molar-refractivity contribution in [2.45, 2.75) is 0 Å². The van der Waals surface area contributed by atoms with Gasteiger partial charge in [0, 0.05) is 11.1 Å². The maximum atomic E-state index is 6.52. The van der Waals surface area contributed by atoms with Crippen LogP contribution in [0.4, 0.5) is 5.69 Å². The van der Waals surface area contributed by atoms with E-state index in [4.69, 9.17) is 10.8 Å². The van der Waals surface area contributed by atoms with Crippen molar-refractivity contribution in [3.63, 3.8) is 0 Å². The van der Waals surface area contributed by atoms with Crippen LogP contribution in [0.1, 0.15) is 0 Å². The molecular weight excluding hydrogens is 294 g/mol. The molecule has 0 saturated heterocycles. The third-order valence-electron chi connectivity index (χ3n) is 4.02. The molecule has 0 unspecified atom stereocenters. The summed E-state index contributed by atoms with van der Waals surface area (Å²) in [5.74, 6) is 0. The van der Waals surface area contributed by atoms with E-state index in [1.54, 1.807) is 0 Å². The van der Waals surface area contributed by atoms with Gasteiger partial charge in [-0.15, -0.1) is 0 Å². The van der Waals surface area contributed by atoms with E-state index >= 15 is 0 Å². The molecule has 0 saturated carbocycles. The Morgan fingerprint density at radius 1 is 0.625 bits per heavy atom. The summed E-state index contributed by atoms with van der Waals surface area (Å²) in [7, 11) is 0. The van der Waals surface area contributed by atoms with E-state index in [-0.39, 0.29) is 0 Å². The van der Waals surface area contributed by atoms with E-state index in [2.05, 4.69) is 12.1 Å². The van der Waals surface area contributed by atoms with Gasteiger partial charge in [-0.05, 0) is 12.1 Å². The first-order chi connectivity index (χ1) is 11.8. The maximum absolute atomic E-state index is 6.52. The van der Waals surface area contributed by atoms with Gasteiger partial charge in [-0.2, -0.15) is 5.10 Å². The van der Waals surface area contributed by atoms with Gasteiger partial charge in [0.15, 0.2) is 0 Å². The molecule has 3 aromatic carbocycles. The number of para-hydroxylation sites is 1. The lowest BCUT2D eigenvalue weighted by Crippen LogP contribution is -1.99. The number of hydrogen-bond acceptors (Lipinski definition) is 2. The Bertz CT molecular complexity index is 943. The zero-order valence-electron chi connectivity index (χ0n) is 13.1. The van der Waals surface area contributed by atoms with Crippen LogP contribution >= 0.6 is 0 Å². The average molecular weight is 311 g/mol. The summed E-state index contributed by atoms with van der Waals surface area (Å²) in [4.78, 5) is 0. The van der Waals surface area contributed by atoms with Crippen molar-refractivity contribution in [1.29, 1.82) is 0 Å². The molecule has 116 valence electrons. The highest BCUT2D eigenvalue weighted by Crippen LogP contribution is 2.36. The Labute approximate surface area is 141 Å².